The zero-order valence-corrected chi connectivity index (χ0v) is 11.2. The Bertz CT molecular complexity index is 192. The average Bonchev–Trinajstić information content (AvgIpc) is 2.35. The molecule has 0 aromatic rings. The predicted molar refractivity (Wildman–Crippen MR) is 56.1 cm³/mol. The van der Waals surface area contributed by atoms with Gasteiger partial charge in [-0.05, 0) is 0 Å². The fourth-order valence-electron chi connectivity index (χ4n) is 0.517. The normalized spacial score (nSPS) is 8.88. The third-order valence-corrected chi connectivity index (χ3v) is 1.92. The zero-order valence-electron chi connectivity index (χ0n) is 10.3. The minimum absolute atomic E-state index is 0.00694. The van der Waals surface area contributed by atoms with E-state index in [0.717, 1.165) is 5.06 Å². The molecule has 0 aliphatic carbocycles. The molecule has 0 atom stereocenters. The Morgan fingerprint density at radius 2 is 1.44 bits per heavy atom. The van der Waals surface area contributed by atoms with Gasteiger partial charge >= 0.3 is 5.91 Å². The third kappa shape index (κ3) is 8.46. The minimum Gasteiger partial charge on any atom is -0.275 e. The first kappa shape index (κ1) is 17.5. The molecule has 0 aliphatic heterocycles. The Hall–Kier alpha value is -0.850. The van der Waals surface area contributed by atoms with Gasteiger partial charge in [-0.25, -0.2) is 10.1 Å². The lowest BCUT2D eigenvalue weighted by Crippen LogP contribution is -2.27. The number of amides is 2. The third-order valence-electron chi connectivity index (χ3n) is 1.68. The van der Waals surface area contributed by atoms with Crippen LogP contribution in [0.2, 0.25) is 0 Å². The second kappa shape index (κ2) is 10.7. The molecule has 0 aliphatic rings. The summed E-state index contributed by atoms with van der Waals surface area (Å²) in [6.45, 7) is 1.79. The molecule has 16 heavy (non-hydrogen) atoms. The highest BCUT2D eigenvalue weighted by Crippen LogP contribution is 1.86. The molecule has 0 heterocycles. The van der Waals surface area contributed by atoms with Crippen LogP contribution in [0.3, 0.4) is 0 Å². The maximum Gasteiger partial charge on any atom is 0.306 e. The van der Waals surface area contributed by atoms with Gasteiger partial charge in [0, 0.05) is 20.5 Å². The van der Waals surface area contributed by atoms with E-state index in [-0.39, 0.29) is 17.7 Å². The summed E-state index contributed by atoms with van der Waals surface area (Å²) < 4.78 is 0. The van der Waals surface area contributed by atoms with Crippen molar-refractivity contribution in [2.75, 3.05) is 34.2 Å². The van der Waals surface area contributed by atoms with E-state index in [9.17, 15) is 9.59 Å². The molecule has 0 N–H and O–H groups in total. The second-order valence-corrected chi connectivity index (χ2v) is 2.93. The van der Waals surface area contributed by atoms with Crippen molar-refractivity contribution in [3.8, 4) is 0 Å². The van der Waals surface area contributed by atoms with E-state index in [4.69, 9.17) is 0 Å². The molecule has 0 bridgehead atoms. The molecule has 2 amide bonds. The summed E-state index contributed by atoms with van der Waals surface area (Å²) in [6.07, 6.45) is 0.490. The van der Waals surface area contributed by atoms with E-state index in [1.165, 1.54) is 26.3 Å². The fraction of sp³-hybridized carbons (Fsp3) is 0.778. The molecule has 0 aromatic carbocycles. The molecule has 0 fully saturated rings. The Morgan fingerprint density at radius 3 is 1.56 bits per heavy atom. The lowest BCUT2D eigenvalue weighted by molar-refractivity contribution is -0.360. The maximum atomic E-state index is 10.5. The number of hydrogen-bond donors (Lipinski definition) is 0. The molecule has 0 saturated carbocycles. The zero-order chi connectivity index (χ0) is 13.1. The van der Waals surface area contributed by atoms with E-state index in [1.54, 1.807) is 14.0 Å². The Morgan fingerprint density at radius 1 is 1.06 bits per heavy atom. The number of hydroxylamine groups is 4. The van der Waals surface area contributed by atoms with Gasteiger partial charge in [0.25, 0.3) is 0 Å². The molecule has 6 nitrogen and oxygen atoms in total. The molecule has 0 radical (unpaired) electrons. The summed E-state index contributed by atoms with van der Waals surface area (Å²) in [6, 6.07) is 0. The first-order valence-corrected chi connectivity index (χ1v) is 5.21. The van der Waals surface area contributed by atoms with Crippen molar-refractivity contribution in [2.24, 2.45) is 0 Å². The van der Waals surface area contributed by atoms with Crippen molar-refractivity contribution < 1.29 is 30.9 Å². The van der Waals surface area contributed by atoms with Crippen molar-refractivity contribution in [1.29, 1.82) is 0 Å². The van der Waals surface area contributed by atoms with Crippen molar-refractivity contribution in [3.05, 3.63) is 0 Å². The van der Waals surface area contributed by atoms with Crippen LogP contribution >= 0.6 is 0 Å². The number of carbonyl (C=O) groups is 2. The van der Waals surface area contributed by atoms with Crippen LogP contribution in [0, 0.1) is 11.6 Å². The van der Waals surface area contributed by atoms with Gasteiger partial charge in [-0.15, -0.1) is 0 Å². The molecule has 7 heteroatoms. The van der Waals surface area contributed by atoms with Crippen LogP contribution in [0.5, 0.6) is 0 Å². The minimum atomic E-state index is -0.192. The summed E-state index contributed by atoms with van der Waals surface area (Å²) >= 11 is 4.45. The molecule has 0 spiro atoms. The van der Waals surface area contributed by atoms with Gasteiger partial charge in [0.2, 0.25) is 11.8 Å². The first-order chi connectivity index (χ1) is 7.44. The van der Waals surface area contributed by atoms with Crippen LogP contribution in [0.15, 0.2) is 0 Å². The first-order valence-electron chi connectivity index (χ1n) is 4.63. The van der Waals surface area contributed by atoms with E-state index in [2.05, 4.69) is 21.3 Å². The highest BCUT2D eigenvalue weighted by molar-refractivity contribution is 5.75. The van der Waals surface area contributed by atoms with Gasteiger partial charge in [0.05, 0.1) is 14.2 Å². The van der Waals surface area contributed by atoms with E-state index < -0.39 is 0 Å². The van der Waals surface area contributed by atoms with Crippen LogP contribution < -0.4 is 0 Å². The van der Waals surface area contributed by atoms with Crippen LogP contribution in [0.25, 0.3) is 0 Å². The average molecular weight is 256 g/mol. The molecule has 0 unspecified atom stereocenters. The maximum absolute atomic E-state index is 10.5. The summed E-state index contributed by atoms with van der Waals surface area (Å²) in [4.78, 5) is 30.1. The smallest absolute Gasteiger partial charge is 0.275 e. The monoisotopic (exact) mass is 255 g/mol. The topological polar surface area (TPSA) is 59.1 Å². The Labute approximate surface area is 101 Å². The highest BCUT2D eigenvalue weighted by atomic mass is 35.5. The lowest BCUT2D eigenvalue weighted by Gasteiger charge is -2.10. The van der Waals surface area contributed by atoms with E-state index >= 15 is 0 Å². The Balaban J connectivity index is 0. The van der Waals surface area contributed by atoms with E-state index in [0.29, 0.717) is 6.42 Å². The number of halogens is 1. The molecule has 0 rings (SSSR count). The number of alkyl halides is 1. The van der Waals surface area contributed by atoms with Crippen molar-refractivity contribution in [1.82, 2.24) is 10.1 Å². The fourth-order valence-corrected chi connectivity index (χ4v) is 0.699. The SMILES string of the molecule is CCC(=O)N(C)OC.CON(C)C(=O)C[ClH+]. The lowest BCUT2D eigenvalue weighted by atomic mass is 10.5. The van der Waals surface area contributed by atoms with Crippen LogP contribution in [0.1, 0.15) is 13.3 Å². The number of hydrogen-bond acceptors (Lipinski definition) is 4. The largest absolute Gasteiger partial charge is 0.306 e. The van der Waals surface area contributed by atoms with Crippen molar-refractivity contribution in [2.45, 2.75) is 13.3 Å². The van der Waals surface area contributed by atoms with Crippen LogP contribution in [0.4, 0.5) is 0 Å². The molecule has 96 valence electrons. The van der Waals surface area contributed by atoms with Gasteiger partial charge in [0.15, 0.2) is 0 Å². The second-order valence-electron chi connectivity index (χ2n) is 2.65. The predicted octanol–water partition coefficient (Wildman–Crippen LogP) is -0.296. The van der Waals surface area contributed by atoms with Gasteiger partial charge in [-0.3, -0.25) is 19.3 Å². The summed E-state index contributed by atoms with van der Waals surface area (Å²) in [5, 5.41) is 2.31. The molecular formula is C9H20ClN2O4+. The van der Waals surface area contributed by atoms with Crippen LogP contribution in [-0.4, -0.2) is 56.1 Å². The Kier molecular flexibility index (Phi) is 11.7. The molecule has 0 saturated heterocycles. The van der Waals surface area contributed by atoms with Gasteiger partial charge in [-0.1, -0.05) is 6.92 Å². The van der Waals surface area contributed by atoms with Gasteiger partial charge < -0.3 is 0 Å². The molecular weight excluding hydrogens is 236 g/mol. The van der Waals surface area contributed by atoms with Gasteiger partial charge in [-0.2, -0.15) is 0 Å². The highest BCUT2D eigenvalue weighted by Gasteiger charge is 2.08. The number of nitrogens with zero attached hydrogens (tertiary/aromatic N) is 2. The summed E-state index contributed by atoms with van der Waals surface area (Å²) in [5.74, 6) is -0.125. The number of rotatable bonds is 4. The summed E-state index contributed by atoms with van der Waals surface area (Å²) in [5.41, 5.74) is 0. The van der Waals surface area contributed by atoms with Crippen molar-refractivity contribution >= 4 is 11.8 Å². The quantitative estimate of drug-likeness (QED) is 0.511. The van der Waals surface area contributed by atoms with Gasteiger partial charge in [0.1, 0.15) is 11.6 Å². The summed E-state index contributed by atoms with van der Waals surface area (Å²) in [7, 11) is 6.00. The van der Waals surface area contributed by atoms with E-state index in [1.807, 2.05) is 0 Å². The van der Waals surface area contributed by atoms with Crippen LogP contribution in [-0.2, 0) is 19.3 Å². The van der Waals surface area contributed by atoms with Crippen molar-refractivity contribution in [3.63, 3.8) is 0 Å². The number of carbonyl (C=O) groups excluding carboxylic acids is 2. The molecule has 0 aromatic heterocycles. The standard InChI is InChI=1S/C5H11NO2.C4H9ClNO2/c1-4-5(7)6(2)8-3;1-6(8-2)4(7)3-5/h4H2,1-3H3;5H,3H2,1-2H3/q;+1.